The van der Waals surface area contributed by atoms with E-state index in [0.717, 1.165) is 31.2 Å². The van der Waals surface area contributed by atoms with Crippen LogP contribution in [-0.2, 0) is 0 Å². The van der Waals surface area contributed by atoms with Crippen LogP contribution in [0.5, 0.6) is 0 Å². The molecular weight excluding hydrogens is 198 g/mol. The molecule has 1 saturated heterocycles. The Labute approximate surface area is 97.6 Å². The van der Waals surface area contributed by atoms with Crippen molar-refractivity contribution >= 4 is 0 Å². The fourth-order valence-electron chi connectivity index (χ4n) is 3.69. The number of nitriles is 1. The fourth-order valence-corrected chi connectivity index (χ4v) is 3.69. The average Bonchev–Trinajstić information content (AvgIpc) is 2.93. The van der Waals surface area contributed by atoms with Gasteiger partial charge in [0.1, 0.15) is 5.54 Å². The first-order chi connectivity index (χ1) is 7.71. The molecule has 1 aliphatic heterocycles. The minimum absolute atomic E-state index is 0.470. The van der Waals surface area contributed by atoms with E-state index in [-0.39, 0.29) is 0 Å². The van der Waals surface area contributed by atoms with E-state index in [4.69, 9.17) is 5.73 Å². The lowest BCUT2D eigenvalue weighted by molar-refractivity contribution is 0.248. The van der Waals surface area contributed by atoms with Gasteiger partial charge in [-0.3, -0.25) is 4.90 Å². The molecule has 2 saturated carbocycles. The van der Waals surface area contributed by atoms with Gasteiger partial charge in [0, 0.05) is 19.6 Å². The van der Waals surface area contributed by atoms with Crippen molar-refractivity contribution in [2.45, 2.75) is 37.6 Å². The highest BCUT2D eigenvalue weighted by atomic mass is 15.2. The quantitative estimate of drug-likeness (QED) is 0.779. The van der Waals surface area contributed by atoms with Gasteiger partial charge >= 0.3 is 0 Å². The van der Waals surface area contributed by atoms with Gasteiger partial charge in [0.2, 0.25) is 0 Å². The smallest absolute Gasteiger partial charge is 0.119 e. The van der Waals surface area contributed by atoms with Crippen LogP contribution in [0.3, 0.4) is 0 Å². The lowest BCUT2D eigenvalue weighted by atomic mass is 9.96. The van der Waals surface area contributed by atoms with Gasteiger partial charge in [0.05, 0.1) is 6.07 Å². The molecular formula is C13H21N3. The second-order valence-corrected chi connectivity index (χ2v) is 6.07. The zero-order valence-corrected chi connectivity index (χ0v) is 9.86. The summed E-state index contributed by atoms with van der Waals surface area (Å²) in [5, 5.41) is 9.26. The Hall–Kier alpha value is -0.590. The SMILES string of the molecule is N#CC(N)(CN1CC2CCCC2C1)C1CC1. The molecule has 0 aromatic carbocycles. The van der Waals surface area contributed by atoms with Crippen LogP contribution in [-0.4, -0.2) is 30.1 Å². The summed E-state index contributed by atoms with van der Waals surface area (Å²) in [4.78, 5) is 2.45. The van der Waals surface area contributed by atoms with Crippen LogP contribution in [0.1, 0.15) is 32.1 Å². The summed E-state index contributed by atoms with van der Waals surface area (Å²) in [6.07, 6.45) is 6.52. The Morgan fingerprint density at radius 1 is 1.19 bits per heavy atom. The molecule has 0 aromatic heterocycles. The first-order valence-corrected chi connectivity index (χ1v) is 6.64. The zero-order chi connectivity index (χ0) is 11.2. The van der Waals surface area contributed by atoms with Gasteiger partial charge in [0.15, 0.2) is 0 Å². The summed E-state index contributed by atoms with van der Waals surface area (Å²) in [5.74, 6) is 2.28. The van der Waals surface area contributed by atoms with E-state index in [1.165, 1.54) is 32.4 Å². The van der Waals surface area contributed by atoms with E-state index in [1.807, 2.05) is 0 Å². The van der Waals surface area contributed by atoms with E-state index < -0.39 is 5.54 Å². The maximum atomic E-state index is 9.26. The highest BCUT2D eigenvalue weighted by molar-refractivity contribution is 5.15. The van der Waals surface area contributed by atoms with Crippen molar-refractivity contribution in [2.75, 3.05) is 19.6 Å². The summed E-state index contributed by atoms with van der Waals surface area (Å²) in [5.41, 5.74) is 5.67. The molecule has 0 bridgehead atoms. The van der Waals surface area contributed by atoms with Gasteiger partial charge in [-0.05, 0) is 43.4 Å². The summed E-state index contributed by atoms with van der Waals surface area (Å²) in [7, 11) is 0. The molecule has 3 unspecified atom stereocenters. The summed E-state index contributed by atoms with van der Waals surface area (Å²) < 4.78 is 0. The summed E-state index contributed by atoms with van der Waals surface area (Å²) in [6.45, 7) is 3.19. The minimum Gasteiger partial charge on any atom is -0.312 e. The predicted molar refractivity (Wildman–Crippen MR) is 62.5 cm³/mol. The Kier molecular flexibility index (Phi) is 2.45. The van der Waals surface area contributed by atoms with Gasteiger partial charge in [-0.15, -0.1) is 0 Å². The molecule has 3 rings (SSSR count). The maximum absolute atomic E-state index is 9.26. The van der Waals surface area contributed by atoms with Gasteiger partial charge in [-0.25, -0.2) is 0 Å². The number of nitrogens with zero attached hydrogens (tertiary/aromatic N) is 2. The van der Waals surface area contributed by atoms with Crippen LogP contribution < -0.4 is 5.73 Å². The Balaban J connectivity index is 1.61. The van der Waals surface area contributed by atoms with Crippen molar-refractivity contribution < 1.29 is 0 Å². The standard InChI is InChI=1S/C13H21N3/c14-8-13(15,12-4-5-12)9-16-6-10-2-1-3-11(10)7-16/h10-12H,1-7,9,15H2. The highest BCUT2D eigenvalue weighted by Gasteiger charge is 2.46. The minimum atomic E-state index is -0.557. The Morgan fingerprint density at radius 3 is 2.31 bits per heavy atom. The van der Waals surface area contributed by atoms with Crippen LogP contribution >= 0.6 is 0 Å². The van der Waals surface area contributed by atoms with E-state index in [9.17, 15) is 5.26 Å². The largest absolute Gasteiger partial charge is 0.312 e. The van der Waals surface area contributed by atoms with Crippen LogP contribution in [0.25, 0.3) is 0 Å². The zero-order valence-electron chi connectivity index (χ0n) is 9.86. The van der Waals surface area contributed by atoms with Crippen molar-refractivity contribution in [3.8, 4) is 6.07 Å². The lowest BCUT2D eigenvalue weighted by Crippen LogP contribution is -2.50. The molecule has 2 N–H and O–H groups in total. The molecule has 3 heteroatoms. The monoisotopic (exact) mass is 219 g/mol. The molecule has 16 heavy (non-hydrogen) atoms. The average molecular weight is 219 g/mol. The number of hydrogen-bond donors (Lipinski definition) is 1. The molecule has 0 spiro atoms. The number of rotatable bonds is 3. The molecule has 0 amide bonds. The van der Waals surface area contributed by atoms with Crippen molar-refractivity contribution in [1.29, 1.82) is 5.26 Å². The van der Waals surface area contributed by atoms with E-state index in [2.05, 4.69) is 11.0 Å². The Morgan fingerprint density at radius 2 is 1.81 bits per heavy atom. The van der Waals surface area contributed by atoms with Gasteiger partial charge in [0.25, 0.3) is 0 Å². The second kappa shape index (κ2) is 3.72. The number of nitrogens with two attached hydrogens (primary N) is 1. The molecule has 2 aliphatic carbocycles. The molecule has 3 nitrogen and oxygen atoms in total. The lowest BCUT2D eigenvalue weighted by Gasteiger charge is -2.28. The third-order valence-corrected chi connectivity index (χ3v) is 4.80. The number of fused-ring (bicyclic) bond motifs is 1. The van der Waals surface area contributed by atoms with Crippen molar-refractivity contribution in [2.24, 2.45) is 23.5 Å². The normalized spacial score (nSPS) is 38.0. The first-order valence-electron chi connectivity index (χ1n) is 6.64. The molecule has 0 aromatic rings. The van der Waals surface area contributed by atoms with Crippen molar-refractivity contribution in [3.63, 3.8) is 0 Å². The molecule has 0 radical (unpaired) electrons. The van der Waals surface area contributed by atoms with Gasteiger partial charge in [-0.1, -0.05) is 6.42 Å². The van der Waals surface area contributed by atoms with Crippen molar-refractivity contribution in [3.05, 3.63) is 0 Å². The van der Waals surface area contributed by atoms with E-state index in [1.54, 1.807) is 0 Å². The highest BCUT2D eigenvalue weighted by Crippen LogP contribution is 2.41. The van der Waals surface area contributed by atoms with E-state index in [0.29, 0.717) is 5.92 Å². The first kappa shape index (κ1) is 10.6. The van der Waals surface area contributed by atoms with Gasteiger partial charge < -0.3 is 5.73 Å². The molecule has 3 atom stereocenters. The molecule has 3 aliphatic rings. The molecule has 3 fully saturated rings. The second-order valence-electron chi connectivity index (χ2n) is 6.07. The van der Waals surface area contributed by atoms with Crippen LogP contribution in [0.2, 0.25) is 0 Å². The van der Waals surface area contributed by atoms with Gasteiger partial charge in [-0.2, -0.15) is 5.26 Å². The Bertz CT molecular complexity index is 306. The molecule has 88 valence electrons. The molecule has 1 heterocycles. The van der Waals surface area contributed by atoms with Crippen molar-refractivity contribution in [1.82, 2.24) is 4.90 Å². The summed E-state index contributed by atoms with van der Waals surface area (Å²) in [6, 6.07) is 2.37. The third kappa shape index (κ3) is 1.74. The third-order valence-electron chi connectivity index (χ3n) is 4.80. The maximum Gasteiger partial charge on any atom is 0.119 e. The number of likely N-dealkylation sites (tertiary alicyclic amines) is 1. The predicted octanol–water partition coefficient (Wildman–Crippen LogP) is 1.35. The van der Waals surface area contributed by atoms with E-state index >= 15 is 0 Å². The fraction of sp³-hybridized carbons (Fsp3) is 0.923. The van der Waals surface area contributed by atoms with Crippen LogP contribution in [0.15, 0.2) is 0 Å². The number of hydrogen-bond acceptors (Lipinski definition) is 3. The van der Waals surface area contributed by atoms with Crippen LogP contribution in [0.4, 0.5) is 0 Å². The topological polar surface area (TPSA) is 53.1 Å². The van der Waals surface area contributed by atoms with Crippen LogP contribution in [0, 0.1) is 29.1 Å². The summed E-state index contributed by atoms with van der Waals surface area (Å²) >= 11 is 0.